The van der Waals surface area contributed by atoms with Crippen LogP contribution in [0.15, 0.2) is 42.5 Å². The summed E-state index contributed by atoms with van der Waals surface area (Å²) in [5.41, 5.74) is 6.40. The molecular formula is C23H31NO. The molecule has 0 aliphatic rings. The molecule has 0 aromatic heterocycles. The van der Waals surface area contributed by atoms with E-state index in [0.29, 0.717) is 6.42 Å². The van der Waals surface area contributed by atoms with E-state index in [1.165, 1.54) is 22.3 Å². The molecule has 2 aromatic rings. The van der Waals surface area contributed by atoms with Gasteiger partial charge in [-0.2, -0.15) is 0 Å². The fraction of sp³-hybridized carbons (Fsp3) is 0.435. The Morgan fingerprint density at radius 2 is 1.64 bits per heavy atom. The summed E-state index contributed by atoms with van der Waals surface area (Å²) >= 11 is 0. The summed E-state index contributed by atoms with van der Waals surface area (Å²) in [7, 11) is 0. The molecular weight excluding hydrogens is 306 g/mol. The zero-order valence-electron chi connectivity index (χ0n) is 16.4. The van der Waals surface area contributed by atoms with Crippen molar-refractivity contribution in [2.24, 2.45) is 0 Å². The van der Waals surface area contributed by atoms with Gasteiger partial charge in [-0.15, -0.1) is 0 Å². The monoisotopic (exact) mass is 337 g/mol. The van der Waals surface area contributed by atoms with Gasteiger partial charge in [0.25, 0.3) is 0 Å². The van der Waals surface area contributed by atoms with E-state index in [4.69, 9.17) is 0 Å². The molecule has 0 heterocycles. The second-order valence-electron chi connectivity index (χ2n) is 8.08. The minimum absolute atomic E-state index is 0.0290. The average Bonchev–Trinajstić information content (AvgIpc) is 2.55. The molecule has 134 valence electrons. The Bertz CT molecular complexity index is 723. The van der Waals surface area contributed by atoms with Crippen LogP contribution in [0.5, 0.6) is 0 Å². The predicted octanol–water partition coefficient (Wildman–Crippen LogP) is 5.41. The van der Waals surface area contributed by atoms with Crippen LogP contribution in [-0.4, -0.2) is 5.91 Å². The van der Waals surface area contributed by atoms with Gasteiger partial charge in [0, 0.05) is 6.42 Å². The minimum atomic E-state index is 0.0290. The minimum Gasteiger partial charge on any atom is -0.350 e. The van der Waals surface area contributed by atoms with Crippen LogP contribution in [0.25, 0.3) is 0 Å². The van der Waals surface area contributed by atoms with Gasteiger partial charge in [0.1, 0.15) is 0 Å². The van der Waals surface area contributed by atoms with Crippen LogP contribution in [0.1, 0.15) is 68.0 Å². The molecule has 0 fully saturated rings. The summed E-state index contributed by atoms with van der Waals surface area (Å²) in [5, 5.41) is 3.11. The van der Waals surface area contributed by atoms with Crippen molar-refractivity contribution in [1.29, 1.82) is 0 Å². The molecule has 0 saturated heterocycles. The third-order valence-corrected chi connectivity index (χ3v) is 4.87. The predicted molar refractivity (Wildman–Crippen MR) is 106 cm³/mol. The Labute approximate surface area is 152 Å². The van der Waals surface area contributed by atoms with Gasteiger partial charge < -0.3 is 5.32 Å². The van der Waals surface area contributed by atoms with Crippen molar-refractivity contribution in [3.63, 3.8) is 0 Å². The fourth-order valence-corrected chi connectivity index (χ4v) is 2.89. The van der Waals surface area contributed by atoms with Gasteiger partial charge in [0.2, 0.25) is 5.91 Å². The highest BCUT2D eigenvalue weighted by Gasteiger charge is 2.15. The molecule has 0 radical (unpaired) electrons. The summed E-state index contributed by atoms with van der Waals surface area (Å²) < 4.78 is 0. The van der Waals surface area contributed by atoms with Gasteiger partial charge in [-0.1, -0.05) is 63.2 Å². The molecule has 2 heteroatoms. The molecule has 0 saturated carbocycles. The standard InChI is InChI=1S/C23H31NO/c1-16-7-8-19(15-17(16)2)9-14-22(25)24-18(3)20-10-12-21(13-11-20)23(4,5)6/h7-8,10-13,15,18H,9,14H2,1-6H3,(H,24,25). The molecule has 1 unspecified atom stereocenters. The van der Waals surface area contributed by atoms with E-state index < -0.39 is 0 Å². The molecule has 0 aliphatic heterocycles. The van der Waals surface area contributed by atoms with Crippen molar-refractivity contribution in [1.82, 2.24) is 5.32 Å². The maximum absolute atomic E-state index is 12.3. The van der Waals surface area contributed by atoms with E-state index in [-0.39, 0.29) is 17.4 Å². The topological polar surface area (TPSA) is 29.1 Å². The number of carbonyl (C=O) groups is 1. The second-order valence-corrected chi connectivity index (χ2v) is 8.08. The molecule has 2 aromatic carbocycles. The summed E-state index contributed by atoms with van der Waals surface area (Å²) in [4.78, 5) is 12.3. The Hall–Kier alpha value is -2.09. The third-order valence-electron chi connectivity index (χ3n) is 4.87. The van der Waals surface area contributed by atoms with Gasteiger partial charge in [-0.05, 0) is 60.4 Å². The van der Waals surface area contributed by atoms with E-state index in [2.05, 4.69) is 82.4 Å². The Morgan fingerprint density at radius 3 is 2.20 bits per heavy atom. The van der Waals surface area contributed by atoms with Gasteiger partial charge in [-0.3, -0.25) is 4.79 Å². The first-order valence-corrected chi connectivity index (χ1v) is 9.13. The average molecular weight is 338 g/mol. The van der Waals surface area contributed by atoms with E-state index in [0.717, 1.165) is 12.0 Å². The normalized spacial score (nSPS) is 12.7. The van der Waals surface area contributed by atoms with Gasteiger partial charge in [0.15, 0.2) is 0 Å². The number of hydrogen-bond acceptors (Lipinski definition) is 1. The molecule has 0 bridgehead atoms. The smallest absolute Gasteiger partial charge is 0.220 e. The highest BCUT2D eigenvalue weighted by atomic mass is 16.1. The first-order valence-electron chi connectivity index (χ1n) is 9.13. The lowest BCUT2D eigenvalue weighted by molar-refractivity contribution is -0.121. The van der Waals surface area contributed by atoms with Gasteiger partial charge >= 0.3 is 0 Å². The molecule has 1 amide bonds. The summed E-state index contributed by atoms with van der Waals surface area (Å²) in [6.45, 7) is 12.9. The zero-order valence-corrected chi connectivity index (χ0v) is 16.4. The highest BCUT2D eigenvalue weighted by Crippen LogP contribution is 2.24. The van der Waals surface area contributed by atoms with Crippen LogP contribution in [0, 0.1) is 13.8 Å². The van der Waals surface area contributed by atoms with E-state index >= 15 is 0 Å². The molecule has 1 atom stereocenters. The van der Waals surface area contributed by atoms with Crippen LogP contribution < -0.4 is 5.32 Å². The lowest BCUT2D eigenvalue weighted by Gasteiger charge is -2.20. The summed E-state index contributed by atoms with van der Waals surface area (Å²) in [6, 6.07) is 15.0. The molecule has 0 aliphatic carbocycles. The van der Waals surface area contributed by atoms with E-state index in [1.54, 1.807) is 0 Å². The summed E-state index contributed by atoms with van der Waals surface area (Å²) in [5.74, 6) is 0.102. The number of carbonyl (C=O) groups excluding carboxylic acids is 1. The number of benzene rings is 2. The Morgan fingerprint density at radius 1 is 1.00 bits per heavy atom. The second kappa shape index (κ2) is 7.86. The highest BCUT2D eigenvalue weighted by molar-refractivity contribution is 5.76. The zero-order chi connectivity index (χ0) is 18.6. The van der Waals surface area contributed by atoms with Gasteiger partial charge in [-0.25, -0.2) is 0 Å². The lowest BCUT2D eigenvalue weighted by Crippen LogP contribution is -2.26. The molecule has 25 heavy (non-hydrogen) atoms. The quantitative estimate of drug-likeness (QED) is 0.776. The summed E-state index contributed by atoms with van der Waals surface area (Å²) in [6.07, 6.45) is 1.30. The molecule has 2 rings (SSSR count). The van der Waals surface area contributed by atoms with Crippen LogP contribution in [0.3, 0.4) is 0 Å². The SMILES string of the molecule is Cc1ccc(CCC(=O)NC(C)c2ccc(C(C)(C)C)cc2)cc1C. The first-order chi connectivity index (χ1) is 11.7. The fourth-order valence-electron chi connectivity index (χ4n) is 2.89. The van der Waals surface area contributed by atoms with Crippen LogP contribution in [-0.2, 0) is 16.6 Å². The van der Waals surface area contributed by atoms with Crippen molar-refractivity contribution in [3.05, 3.63) is 70.3 Å². The molecule has 0 spiro atoms. The van der Waals surface area contributed by atoms with E-state index in [9.17, 15) is 4.79 Å². The van der Waals surface area contributed by atoms with Gasteiger partial charge in [0.05, 0.1) is 6.04 Å². The van der Waals surface area contributed by atoms with Crippen molar-refractivity contribution < 1.29 is 4.79 Å². The Balaban J connectivity index is 1.90. The number of amides is 1. The number of nitrogens with one attached hydrogen (secondary N) is 1. The maximum atomic E-state index is 12.3. The van der Waals surface area contributed by atoms with Crippen molar-refractivity contribution in [3.8, 4) is 0 Å². The van der Waals surface area contributed by atoms with Crippen LogP contribution in [0.2, 0.25) is 0 Å². The first kappa shape index (κ1) is 19.2. The largest absolute Gasteiger partial charge is 0.350 e. The number of rotatable bonds is 5. The van der Waals surface area contributed by atoms with E-state index in [1.807, 2.05) is 6.92 Å². The van der Waals surface area contributed by atoms with Crippen LogP contribution in [0.4, 0.5) is 0 Å². The van der Waals surface area contributed by atoms with Crippen molar-refractivity contribution in [2.45, 2.75) is 65.8 Å². The number of aryl methyl sites for hydroxylation is 3. The molecule has 1 N–H and O–H groups in total. The number of hydrogen-bond donors (Lipinski definition) is 1. The van der Waals surface area contributed by atoms with Crippen LogP contribution >= 0.6 is 0 Å². The molecule has 2 nitrogen and oxygen atoms in total. The lowest BCUT2D eigenvalue weighted by atomic mass is 9.86. The van der Waals surface area contributed by atoms with Crippen molar-refractivity contribution in [2.75, 3.05) is 0 Å². The third kappa shape index (κ3) is 5.45. The Kier molecular flexibility index (Phi) is 6.05. The maximum Gasteiger partial charge on any atom is 0.220 e. The van der Waals surface area contributed by atoms with Crippen molar-refractivity contribution >= 4 is 5.91 Å².